The van der Waals surface area contributed by atoms with Crippen molar-refractivity contribution in [3.63, 3.8) is 0 Å². The summed E-state index contributed by atoms with van der Waals surface area (Å²) in [5.41, 5.74) is 0.925. The third-order valence-electron chi connectivity index (χ3n) is 2.92. The van der Waals surface area contributed by atoms with Crippen LogP contribution in [0.5, 0.6) is 11.6 Å². The lowest BCUT2D eigenvalue weighted by Crippen LogP contribution is -2.21. The maximum Gasteiger partial charge on any atom is 0.213 e. The maximum atomic E-state index is 6.23. The number of hydrogen-bond acceptors (Lipinski definition) is 4. The number of hydrogen-bond donors (Lipinski definition) is 1. The van der Waals surface area contributed by atoms with Crippen LogP contribution < -0.4 is 14.8 Å². The van der Waals surface area contributed by atoms with E-state index in [4.69, 9.17) is 32.7 Å². The third kappa shape index (κ3) is 5.90. The van der Waals surface area contributed by atoms with Gasteiger partial charge in [0, 0.05) is 35.9 Å². The van der Waals surface area contributed by atoms with Crippen LogP contribution in [0.25, 0.3) is 0 Å². The summed E-state index contributed by atoms with van der Waals surface area (Å²) < 4.78 is 11.3. The molecule has 0 fully saturated rings. The van der Waals surface area contributed by atoms with Gasteiger partial charge in [-0.3, -0.25) is 0 Å². The minimum atomic E-state index is 0.0416. The number of pyridine rings is 1. The average Bonchev–Trinajstić information content (AvgIpc) is 2.51. The largest absolute Gasteiger partial charge is 0.489 e. The molecule has 124 valence electrons. The van der Waals surface area contributed by atoms with E-state index >= 15 is 0 Å². The molecule has 1 aromatic heterocycles. The van der Waals surface area contributed by atoms with Crippen LogP contribution in [0.2, 0.25) is 10.0 Å². The second kappa shape index (κ2) is 8.96. The number of rotatable bonds is 8. The van der Waals surface area contributed by atoms with E-state index in [0.717, 1.165) is 5.56 Å². The van der Waals surface area contributed by atoms with Gasteiger partial charge in [0.1, 0.15) is 12.4 Å². The number of benzene rings is 1. The Morgan fingerprint density at radius 3 is 2.74 bits per heavy atom. The summed E-state index contributed by atoms with van der Waals surface area (Å²) in [5.74, 6) is 1.29. The first-order valence-electron chi connectivity index (χ1n) is 7.45. The highest BCUT2D eigenvalue weighted by Crippen LogP contribution is 2.33. The predicted molar refractivity (Wildman–Crippen MR) is 93.7 cm³/mol. The SMILES string of the molecule is CC(C)Oc1c(Cl)cc(Cl)cc1CNCCOc1ccccn1. The zero-order valence-corrected chi connectivity index (χ0v) is 14.7. The Hall–Kier alpha value is -1.49. The minimum Gasteiger partial charge on any atom is -0.489 e. The lowest BCUT2D eigenvalue weighted by atomic mass is 10.2. The van der Waals surface area contributed by atoms with E-state index in [9.17, 15) is 0 Å². The maximum absolute atomic E-state index is 6.23. The Labute approximate surface area is 146 Å². The summed E-state index contributed by atoms with van der Waals surface area (Å²) in [5, 5.41) is 4.40. The lowest BCUT2D eigenvalue weighted by molar-refractivity contribution is 0.239. The fourth-order valence-electron chi connectivity index (χ4n) is 2.00. The Bertz CT molecular complexity index is 621. The van der Waals surface area contributed by atoms with Gasteiger partial charge >= 0.3 is 0 Å². The minimum absolute atomic E-state index is 0.0416. The molecule has 0 saturated heterocycles. The van der Waals surface area contributed by atoms with E-state index in [2.05, 4.69) is 10.3 Å². The van der Waals surface area contributed by atoms with Crippen LogP contribution in [0.1, 0.15) is 19.4 Å². The summed E-state index contributed by atoms with van der Waals surface area (Å²) in [7, 11) is 0. The van der Waals surface area contributed by atoms with Crippen molar-refractivity contribution in [1.29, 1.82) is 0 Å². The molecule has 0 bridgehead atoms. The first kappa shape index (κ1) is 17.9. The molecule has 0 aliphatic carbocycles. The van der Waals surface area contributed by atoms with Crippen LogP contribution >= 0.6 is 23.2 Å². The van der Waals surface area contributed by atoms with Crippen molar-refractivity contribution in [2.75, 3.05) is 13.2 Å². The second-order valence-electron chi connectivity index (χ2n) is 5.24. The molecule has 6 heteroatoms. The Morgan fingerprint density at radius 1 is 1.22 bits per heavy atom. The number of nitrogens with one attached hydrogen (secondary N) is 1. The molecule has 0 atom stereocenters. The highest BCUT2D eigenvalue weighted by Gasteiger charge is 2.12. The van der Waals surface area contributed by atoms with Gasteiger partial charge in [-0.15, -0.1) is 0 Å². The van der Waals surface area contributed by atoms with E-state index in [0.29, 0.717) is 41.4 Å². The molecule has 1 aromatic carbocycles. The summed E-state index contributed by atoms with van der Waals surface area (Å²) in [6.07, 6.45) is 1.74. The molecule has 0 spiro atoms. The van der Waals surface area contributed by atoms with E-state index in [1.54, 1.807) is 12.3 Å². The zero-order chi connectivity index (χ0) is 16.7. The van der Waals surface area contributed by atoms with E-state index < -0.39 is 0 Å². The molecule has 2 aromatic rings. The van der Waals surface area contributed by atoms with Crippen molar-refractivity contribution in [2.24, 2.45) is 0 Å². The molecule has 4 nitrogen and oxygen atoms in total. The fourth-order valence-corrected chi connectivity index (χ4v) is 2.58. The smallest absolute Gasteiger partial charge is 0.213 e. The van der Waals surface area contributed by atoms with E-state index in [-0.39, 0.29) is 6.10 Å². The van der Waals surface area contributed by atoms with Gasteiger partial charge in [0.05, 0.1) is 11.1 Å². The summed E-state index contributed by atoms with van der Waals surface area (Å²) in [6.45, 7) is 5.70. The molecule has 0 saturated carbocycles. The molecule has 0 radical (unpaired) electrons. The topological polar surface area (TPSA) is 43.4 Å². The van der Waals surface area contributed by atoms with Gasteiger partial charge in [-0.05, 0) is 32.0 Å². The standard InChI is InChI=1S/C17H20Cl2N2O2/c1-12(2)23-17-13(9-14(18)10-15(17)19)11-20-7-8-22-16-5-3-4-6-21-16/h3-6,9-10,12,20H,7-8,11H2,1-2H3. The number of ether oxygens (including phenoxy) is 2. The molecule has 0 amide bonds. The first-order valence-corrected chi connectivity index (χ1v) is 8.21. The Morgan fingerprint density at radius 2 is 2.04 bits per heavy atom. The highest BCUT2D eigenvalue weighted by atomic mass is 35.5. The lowest BCUT2D eigenvalue weighted by Gasteiger charge is -2.17. The quantitative estimate of drug-likeness (QED) is 0.716. The van der Waals surface area contributed by atoms with Crippen molar-refractivity contribution >= 4 is 23.2 Å². The second-order valence-corrected chi connectivity index (χ2v) is 6.08. The molecular weight excluding hydrogens is 335 g/mol. The molecule has 2 rings (SSSR count). The van der Waals surface area contributed by atoms with Crippen molar-refractivity contribution in [3.05, 3.63) is 52.1 Å². The van der Waals surface area contributed by atoms with Gasteiger partial charge in [0.2, 0.25) is 5.88 Å². The zero-order valence-electron chi connectivity index (χ0n) is 13.2. The molecule has 0 unspecified atom stereocenters. The summed E-state index contributed by atoms with van der Waals surface area (Å²) in [6, 6.07) is 9.11. The van der Waals surface area contributed by atoms with Crippen molar-refractivity contribution in [3.8, 4) is 11.6 Å². The van der Waals surface area contributed by atoms with Gasteiger partial charge in [-0.25, -0.2) is 4.98 Å². The van der Waals surface area contributed by atoms with E-state index in [1.165, 1.54) is 0 Å². The van der Waals surface area contributed by atoms with Crippen LogP contribution in [0, 0.1) is 0 Å². The average molecular weight is 355 g/mol. The molecule has 1 N–H and O–H groups in total. The normalized spacial score (nSPS) is 10.8. The van der Waals surface area contributed by atoms with Crippen molar-refractivity contribution in [2.45, 2.75) is 26.5 Å². The van der Waals surface area contributed by atoms with Crippen molar-refractivity contribution in [1.82, 2.24) is 10.3 Å². The van der Waals surface area contributed by atoms with Crippen molar-refractivity contribution < 1.29 is 9.47 Å². The van der Waals surface area contributed by atoms with Gasteiger partial charge < -0.3 is 14.8 Å². The van der Waals surface area contributed by atoms with E-state index in [1.807, 2.05) is 38.1 Å². The van der Waals surface area contributed by atoms with Gasteiger partial charge in [0.15, 0.2) is 0 Å². The van der Waals surface area contributed by atoms with Crippen LogP contribution in [0.4, 0.5) is 0 Å². The number of halogens is 2. The molecule has 0 aliphatic heterocycles. The molecule has 0 aliphatic rings. The van der Waals surface area contributed by atoms with Crippen LogP contribution in [0.3, 0.4) is 0 Å². The molecule has 1 heterocycles. The monoisotopic (exact) mass is 354 g/mol. The summed E-state index contributed by atoms with van der Waals surface area (Å²) in [4.78, 5) is 4.10. The number of aromatic nitrogens is 1. The van der Waals surface area contributed by atoms with Gasteiger partial charge in [-0.1, -0.05) is 29.3 Å². The van der Waals surface area contributed by atoms with Crippen LogP contribution in [0.15, 0.2) is 36.5 Å². The van der Waals surface area contributed by atoms with Gasteiger partial charge in [0.25, 0.3) is 0 Å². The van der Waals surface area contributed by atoms with Gasteiger partial charge in [-0.2, -0.15) is 0 Å². The Kier molecular flexibility index (Phi) is 6.96. The predicted octanol–water partition coefficient (Wildman–Crippen LogP) is 4.34. The van der Waals surface area contributed by atoms with Crippen LogP contribution in [-0.2, 0) is 6.54 Å². The number of nitrogens with zero attached hydrogens (tertiary/aromatic N) is 1. The Balaban J connectivity index is 1.87. The molecular formula is C17H20Cl2N2O2. The highest BCUT2D eigenvalue weighted by molar-refractivity contribution is 6.35. The molecule has 23 heavy (non-hydrogen) atoms. The van der Waals surface area contributed by atoms with Crippen LogP contribution in [-0.4, -0.2) is 24.2 Å². The first-order chi connectivity index (χ1) is 11.1. The third-order valence-corrected chi connectivity index (χ3v) is 3.42. The fraction of sp³-hybridized carbons (Fsp3) is 0.353. The summed E-state index contributed by atoms with van der Waals surface area (Å²) >= 11 is 12.3.